The largest absolute Gasteiger partial charge is 0.485 e. The van der Waals surface area contributed by atoms with Gasteiger partial charge in [0.2, 0.25) is 5.78 Å². The van der Waals surface area contributed by atoms with Crippen molar-refractivity contribution in [1.82, 2.24) is 0 Å². The number of fused-ring (bicyclic) bond motifs is 2. The number of Topliss-reactive ketones (excluding diaryl/α,β-unsaturated/α-hetero) is 1. The zero-order valence-corrected chi connectivity index (χ0v) is 10.8. The highest BCUT2D eigenvalue weighted by Gasteiger charge is 2.21. The topological polar surface area (TPSA) is 26.3 Å². The highest BCUT2D eigenvalue weighted by molar-refractivity contribution is 6.03. The summed E-state index contributed by atoms with van der Waals surface area (Å²) in [5.41, 5.74) is 2.86. The lowest BCUT2D eigenvalue weighted by Crippen LogP contribution is -1.98. The maximum atomic E-state index is 11.7. The number of ether oxygens (including phenoxy) is 1. The van der Waals surface area contributed by atoms with Crippen LogP contribution in [0.25, 0.3) is 21.9 Å². The molecule has 0 fully saturated rings. The van der Waals surface area contributed by atoms with Crippen LogP contribution >= 0.6 is 0 Å². The molecule has 0 aromatic heterocycles. The van der Waals surface area contributed by atoms with Gasteiger partial charge in [-0.15, -0.1) is 0 Å². The molecule has 0 saturated heterocycles. The Morgan fingerprint density at radius 3 is 2.45 bits per heavy atom. The van der Waals surface area contributed by atoms with Gasteiger partial charge < -0.3 is 4.74 Å². The third-order valence-corrected chi connectivity index (χ3v) is 3.72. The fourth-order valence-electron chi connectivity index (χ4n) is 2.64. The molecule has 0 unspecified atom stereocenters. The summed E-state index contributed by atoms with van der Waals surface area (Å²) in [5, 5.41) is 2.42. The van der Waals surface area contributed by atoms with Gasteiger partial charge in [-0.2, -0.15) is 0 Å². The summed E-state index contributed by atoms with van der Waals surface area (Å²) < 4.78 is 5.32. The van der Waals surface area contributed by atoms with Crippen LogP contribution in [0.5, 0.6) is 5.75 Å². The van der Waals surface area contributed by atoms with E-state index in [9.17, 15) is 4.79 Å². The molecule has 20 heavy (non-hydrogen) atoms. The summed E-state index contributed by atoms with van der Waals surface area (Å²) >= 11 is 0. The molecule has 2 heteroatoms. The van der Waals surface area contributed by atoms with Gasteiger partial charge in [0, 0.05) is 0 Å². The summed E-state index contributed by atoms with van der Waals surface area (Å²) in [6.45, 7) is 0.163. The average molecular weight is 260 g/mol. The number of hydrogen-bond acceptors (Lipinski definition) is 2. The second-order valence-corrected chi connectivity index (χ2v) is 4.98. The van der Waals surface area contributed by atoms with Gasteiger partial charge in [0.1, 0.15) is 5.75 Å². The van der Waals surface area contributed by atoms with Crippen LogP contribution in [0.3, 0.4) is 0 Å². The second kappa shape index (κ2) is 4.20. The molecule has 0 aliphatic carbocycles. The molecular weight excluding hydrogens is 248 g/mol. The number of carbonyl (C=O) groups is 1. The van der Waals surface area contributed by atoms with E-state index in [0.29, 0.717) is 11.3 Å². The van der Waals surface area contributed by atoms with Crippen molar-refractivity contribution >= 4 is 16.6 Å². The molecule has 0 radical (unpaired) electrons. The summed E-state index contributed by atoms with van der Waals surface area (Å²) in [6, 6.07) is 20.4. The first-order valence-electron chi connectivity index (χ1n) is 6.60. The summed E-state index contributed by atoms with van der Waals surface area (Å²) in [6.07, 6.45) is 0. The zero-order valence-electron chi connectivity index (χ0n) is 10.8. The van der Waals surface area contributed by atoms with Crippen LogP contribution in [0.15, 0.2) is 60.7 Å². The third-order valence-electron chi connectivity index (χ3n) is 3.72. The fourth-order valence-corrected chi connectivity index (χ4v) is 2.64. The monoisotopic (exact) mass is 260 g/mol. The molecule has 2 nitrogen and oxygen atoms in total. The van der Waals surface area contributed by atoms with E-state index in [1.807, 2.05) is 30.3 Å². The summed E-state index contributed by atoms with van der Waals surface area (Å²) in [4.78, 5) is 11.7. The Morgan fingerprint density at radius 2 is 1.55 bits per heavy atom. The van der Waals surface area contributed by atoms with Crippen LogP contribution < -0.4 is 4.74 Å². The van der Waals surface area contributed by atoms with Crippen molar-refractivity contribution < 1.29 is 9.53 Å². The van der Waals surface area contributed by atoms with Gasteiger partial charge >= 0.3 is 0 Å². The molecule has 96 valence electrons. The summed E-state index contributed by atoms with van der Waals surface area (Å²) in [7, 11) is 0. The van der Waals surface area contributed by atoms with Crippen molar-refractivity contribution in [2.24, 2.45) is 0 Å². The lowest BCUT2D eigenvalue weighted by atomic mass is 9.99. The predicted octanol–water partition coefficient (Wildman–Crippen LogP) is 4.08. The maximum absolute atomic E-state index is 11.7. The van der Waals surface area contributed by atoms with E-state index in [-0.39, 0.29) is 12.4 Å². The average Bonchev–Trinajstić information content (AvgIpc) is 2.88. The number of benzene rings is 3. The van der Waals surface area contributed by atoms with Crippen LogP contribution in [0.4, 0.5) is 0 Å². The molecule has 3 aromatic rings. The Bertz CT molecular complexity index is 834. The van der Waals surface area contributed by atoms with Gasteiger partial charge in [0.05, 0.1) is 5.56 Å². The second-order valence-electron chi connectivity index (χ2n) is 4.98. The standard InChI is InChI=1S/C18H12O2/c19-17-11-20-18-8-7-15(10-16(17)18)14-6-5-12-3-1-2-4-13(12)9-14/h1-10H,11H2. The fraction of sp³-hybridized carbons (Fsp3) is 0.0556. The van der Waals surface area contributed by atoms with Gasteiger partial charge in [-0.1, -0.05) is 42.5 Å². The number of rotatable bonds is 1. The van der Waals surface area contributed by atoms with Crippen molar-refractivity contribution in [3.8, 4) is 16.9 Å². The molecule has 0 bridgehead atoms. The first-order valence-corrected chi connectivity index (χ1v) is 6.60. The minimum absolute atomic E-state index is 0.0580. The van der Waals surface area contributed by atoms with Crippen LogP contribution in [0.2, 0.25) is 0 Å². The SMILES string of the molecule is O=C1COc2ccc(-c3ccc4ccccc4c3)cc21. The first kappa shape index (κ1) is 11.2. The molecule has 0 atom stereocenters. The van der Waals surface area contributed by atoms with Crippen molar-refractivity contribution in [3.05, 3.63) is 66.2 Å². The van der Waals surface area contributed by atoms with Crippen molar-refractivity contribution in [3.63, 3.8) is 0 Å². The lowest BCUT2D eigenvalue weighted by molar-refractivity contribution is 0.0961. The predicted molar refractivity (Wildman–Crippen MR) is 79.2 cm³/mol. The minimum Gasteiger partial charge on any atom is -0.485 e. The Kier molecular flexibility index (Phi) is 2.36. The molecule has 1 aliphatic heterocycles. The molecule has 0 spiro atoms. The van der Waals surface area contributed by atoms with Crippen molar-refractivity contribution in [2.45, 2.75) is 0 Å². The van der Waals surface area contributed by atoms with Gasteiger partial charge in [0.25, 0.3) is 0 Å². The van der Waals surface area contributed by atoms with Crippen LogP contribution in [-0.2, 0) is 0 Å². The number of hydrogen-bond donors (Lipinski definition) is 0. The van der Waals surface area contributed by atoms with E-state index in [1.54, 1.807) is 0 Å². The Labute approximate surface area is 116 Å². The van der Waals surface area contributed by atoms with Crippen molar-refractivity contribution in [2.75, 3.05) is 6.61 Å². The van der Waals surface area contributed by atoms with Crippen LogP contribution in [0.1, 0.15) is 10.4 Å². The Balaban J connectivity index is 1.87. The lowest BCUT2D eigenvalue weighted by Gasteiger charge is -2.05. The normalized spacial score (nSPS) is 13.3. The van der Waals surface area contributed by atoms with E-state index in [4.69, 9.17) is 4.74 Å². The van der Waals surface area contributed by atoms with E-state index in [2.05, 4.69) is 30.3 Å². The first-order chi connectivity index (χ1) is 9.81. The summed E-state index contributed by atoms with van der Waals surface area (Å²) in [5.74, 6) is 0.752. The quantitative estimate of drug-likeness (QED) is 0.659. The zero-order chi connectivity index (χ0) is 13.5. The van der Waals surface area contributed by atoms with E-state index >= 15 is 0 Å². The minimum atomic E-state index is 0.0580. The van der Waals surface area contributed by atoms with E-state index in [1.165, 1.54) is 10.8 Å². The number of carbonyl (C=O) groups excluding carboxylic acids is 1. The van der Waals surface area contributed by atoms with Gasteiger partial charge in [0.15, 0.2) is 6.61 Å². The maximum Gasteiger partial charge on any atom is 0.203 e. The Morgan fingerprint density at radius 1 is 0.800 bits per heavy atom. The molecule has 1 heterocycles. The molecule has 0 amide bonds. The van der Waals surface area contributed by atoms with E-state index in [0.717, 1.165) is 11.1 Å². The van der Waals surface area contributed by atoms with Gasteiger partial charge in [-0.25, -0.2) is 0 Å². The highest BCUT2D eigenvalue weighted by Crippen LogP contribution is 2.31. The van der Waals surface area contributed by atoms with E-state index < -0.39 is 0 Å². The molecule has 0 saturated carbocycles. The molecule has 1 aliphatic rings. The van der Waals surface area contributed by atoms with Gasteiger partial charge in [-0.05, 0) is 40.1 Å². The molecule has 0 N–H and O–H groups in total. The van der Waals surface area contributed by atoms with Crippen LogP contribution in [-0.4, -0.2) is 12.4 Å². The third kappa shape index (κ3) is 1.69. The van der Waals surface area contributed by atoms with Crippen LogP contribution in [0, 0.1) is 0 Å². The molecule has 3 aromatic carbocycles. The van der Waals surface area contributed by atoms with Crippen molar-refractivity contribution in [1.29, 1.82) is 0 Å². The highest BCUT2D eigenvalue weighted by atomic mass is 16.5. The van der Waals surface area contributed by atoms with Gasteiger partial charge in [-0.3, -0.25) is 4.79 Å². The molecule has 4 rings (SSSR count). The smallest absolute Gasteiger partial charge is 0.203 e. The molecular formula is C18H12O2. The Hall–Kier alpha value is -2.61. The number of ketones is 1.